The number of methoxy groups -OCH3 is 1. The highest BCUT2D eigenvalue weighted by atomic mass is 35.5. The molecule has 29 heavy (non-hydrogen) atoms. The fourth-order valence-electron chi connectivity index (χ4n) is 3.94. The molecule has 0 spiro atoms. The zero-order chi connectivity index (χ0) is 20.5. The quantitative estimate of drug-likeness (QED) is 0.610. The number of hydrogen-bond donors (Lipinski definition) is 1. The highest BCUT2D eigenvalue weighted by Crippen LogP contribution is 2.40. The highest BCUT2D eigenvalue weighted by Gasteiger charge is 2.30. The maximum atomic E-state index is 13.4. The molecule has 5 nitrogen and oxygen atoms in total. The Balaban J connectivity index is 1.69. The van der Waals surface area contributed by atoms with E-state index in [0.717, 1.165) is 41.3 Å². The van der Waals surface area contributed by atoms with E-state index >= 15 is 0 Å². The summed E-state index contributed by atoms with van der Waals surface area (Å²) < 4.78 is 18.9. The van der Waals surface area contributed by atoms with Gasteiger partial charge in [-0.3, -0.25) is 0 Å². The van der Waals surface area contributed by atoms with Crippen LogP contribution in [-0.4, -0.2) is 30.1 Å². The van der Waals surface area contributed by atoms with Gasteiger partial charge in [-0.2, -0.15) is 0 Å². The van der Waals surface area contributed by atoms with E-state index < -0.39 is 5.82 Å². The molecule has 1 unspecified atom stereocenters. The minimum Gasteiger partial charge on any atom is -0.481 e. The Morgan fingerprint density at radius 2 is 2.03 bits per heavy atom. The molecular formula is C22H21ClFN3O2. The number of carbonyl (C=O) groups excluding carboxylic acids is 1. The number of nitrogens with zero attached hydrogens (tertiary/aromatic N) is 2. The van der Waals surface area contributed by atoms with Crippen LogP contribution >= 0.6 is 11.6 Å². The lowest BCUT2D eigenvalue weighted by molar-refractivity contribution is 0.197. The average Bonchev–Trinajstić information content (AvgIpc) is 2.74. The van der Waals surface area contributed by atoms with Gasteiger partial charge in [-0.1, -0.05) is 29.8 Å². The second-order valence-electron chi connectivity index (χ2n) is 7.11. The summed E-state index contributed by atoms with van der Waals surface area (Å²) in [5.41, 5.74) is 2.46. The number of carbonyl (C=O) groups is 1. The first-order valence-electron chi connectivity index (χ1n) is 9.44. The van der Waals surface area contributed by atoms with Gasteiger partial charge in [-0.25, -0.2) is 14.2 Å². The number of aryl methyl sites for hydroxylation is 1. The van der Waals surface area contributed by atoms with Crippen LogP contribution < -0.4 is 10.1 Å². The van der Waals surface area contributed by atoms with Crippen molar-refractivity contribution in [1.82, 2.24) is 9.88 Å². The number of benzene rings is 2. The van der Waals surface area contributed by atoms with E-state index in [9.17, 15) is 9.18 Å². The summed E-state index contributed by atoms with van der Waals surface area (Å²) in [6, 6.07) is 11.7. The normalized spacial score (nSPS) is 15.7. The summed E-state index contributed by atoms with van der Waals surface area (Å²) in [4.78, 5) is 19.3. The van der Waals surface area contributed by atoms with Gasteiger partial charge >= 0.3 is 6.03 Å². The molecule has 1 atom stereocenters. The molecule has 0 bridgehead atoms. The number of fused-ring (bicyclic) bond motifs is 3. The minimum atomic E-state index is -0.522. The summed E-state index contributed by atoms with van der Waals surface area (Å²) >= 11 is 5.83. The van der Waals surface area contributed by atoms with Gasteiger partial charge in [-0.15, -0.1) is 0 Å². The smallest absolute Gasteiger partial charge is 0.322 e. The molecule has 0 aliphatic heterocycles. The number of urea groups is 1. The van der Waals surface area contributed by atoms with Gasteiger partial charge < -0.3 is 15.0 Å². The van der Waals surface area contributed by atoms with Gasteiger partial charge in [-0.05, 0) is 48.9 Å². The fraction of sp³-hybridized carbons (Fsp3) is 0.273. The number of rotatable bonds is 3. The molecule has 1 aliphatic rings. The lowest BCUT2D eigenvalue weighted by atomic mass is 9.87. The number of pyridine rings is 1. The molecule has 3 aromatic rings. The fourth-order valence-corrected chi connectivity index (χ4v) is 4.12. The van der Waals surface area contributed by atoms with E-state index in [0.29, 0.717) is 11.6 Å². The molecular weight excluding hydrogens is 393 g/mol. The molecule has 0 fully saturated rings. The van der Waals surface area contributed by atoms with Crippen molar-refractivity contribution >= 4 is 34.1 Å². The Morgan fingerprint density at radius 1 is 1.28 bits per heavy atom. The van der Waals surface area contributed by atoms with Gasteiger partial charge in [0.2, 0.25) is 5.88 Å². The van der Waals surface area contributed by atoms with E-state index in [1.807, 2.05) is 24.3 Å². The van der Waals surface area contributed by atoms with E-state index in [2.05, 4.69) is 5.32 Å². The van der Waals surface area contributed by atoms with Crippen LogP contribution in [-0.2, 0) is 6.42 Å². The number of amides is 2. The van der Waals surface area contributed by atoms with E-state index in [4.69, 9.17) is 21.3 Å². The molecule has 0 radical (unpaired) electrons. The largest absolute Gasteiger partial charge is 0.481 e. The van der Waals surface area contributed by atoms with Gasteiger partial charge in [0.1, 0.15) is 5.82 Å². The summed E-state index contributed by atoms with van der Waals surface area (Å²) in [5.74, 6) is 0.0822. The summed E-state index contributed by atoms with van der Waals surface area (Å²) in [6.07, 6.45) is 2.60. The van der Waals surface area contributed by atoms with Gasteiger partial charge in [0.15, 0.2) is 0 Å². The third kappa shape index (κ3) is 3.60. The SMILES string of the molecule is COc1nc2c(c3ccccc13)C(N(C)C(=O)Nc1ccc(F)c(Cl)c1)CCC2. The van der Waals surface area contributed by atoms with Crippen molar-refractivity contribution in [1.29, 1.82) is 0 Å². The minimum absolute atomic E-state index is 0.0317. The average molecular weight is 414 g/mol. The summed E-state index contributed by atoms with van der Waals surface area (Å²) in [7, 11) is 3.38. The number of aromatic nitrogens is 1. The monoisotopic (exact) mass is 413 g/mol. The second kappa shape index (κ2) is 7.87. The Labute approximate surface area is 173 Å². The number of ether oxygens (including phenoxy) is 1. The van der Waals surface area contributed by atoms with Gasteiger partial charge in [0.05, 0.1) is 23.9 Å². The maximum absolute atomic E-state index is 13.4. The first-order valence-corrected chi connectivity index (χ1v) is 9.81. The zero-order valence-electron chi connectivity index (χ0n) is 16.2. The first kappa shape index (κ1) is 19.5. The Bertz CT molecular complexity index is 1090. The Morgan fingerprint density at radius 3 is 2.76 bits per heavy atom. The predicted molar refractivity (Wildman–Crippen MR) is 112 cm³/mol. The molecule has 1 N–H and O–H groups in total. The van der Waals surface area contributed by atoms with Crippen LogP contribution in [0.3, 0.4) is 0 Å². The van der Waals surface area contributed by atoms with Crippen molar-refractivity contribution in [3.05, 3.63) is 64.6 Å². The predicted octanol–water partition coefficient (Wildman–Crippen LogP) is 5.58. The lowest BCUT2D eigenvalue weighted by Crippen LogP contribution is -2.36. The Hall–Kier alpha value is -2.86. The molecule has 4 rings (SSSR count). The number of halogens is 2. The molecule has 1 aliphatic carbocycles. The molecule has 0 saturated carbocycles. The van der Waals surface area contributed by atoms with Crippen molar-refractivity contribution in [2.24, 2.45) is 0 Å². The zero-order valence-corrected chi connectivity index (χ0v) is 17.0. The summed E-state index contributed by atoms with van der Waals surface area (Å²) in [6.45, 7) is 0. The van der Waals surface area contributed by atoms with Crippen LogP contribution in [0.5, 0.6) is 5.88 Å². The van der Waals surface area contributed by atoms with E-state index in [1.165, 1.54) is 18.2 Å². The molecule has 0 saturated heterocycles. The second-order valence-corrected chi connectivity index (χ2v) is 7.51. The van der Waals surface area contributed by atoms with E-state index in [-0.39, 0.29) is 17.1 Å². The van der Waals surface area contributed by atoms with Crippen molar-refractivity contribution < 1.29 is 13.9 Å². The van der Waals surface area contributed by atoms with Crippen molar-refractivity contribution in [3.63, 3.8) is 0 Å². The maximum Gasteiger partial charge on any atom is 0.322 e. The van der Waals surface area contributed by atoms with Crippen LogP contribution in [0.1, 0.15) is 30.1 Å². The van der Waals surface area contributed by atoms with Crippen LogP contribution in [0.2, 0.25) is 5.02 Å². The van der Waals surface area contributed by atoms with E-state index in [1.54, 1.807) is 19.1 Å². The van der Waals surface area contributed by atoms with Crippen LogP contribution in [0.25, 0.3) is 10.8 Å². The van der Waals surface area contributed by atoms with Gasteiger partial charge in [0, 0.05) is 23.7 Å². The molecule has 2 aromatic carbocycles. The molecule has 1 aromatic heterocycles. The molecule has 1 heterocycles. The van der Waals surface area contributed by atoms with Crippen LogP contribution in [0.4, 0.5) is 14.9 Å². The lowest BCUT2D eigenvalue weighted by Gasteiger charge is -2.34. The topological polar surface area (TPSA) is 54.5 Å². The van der Waals surface area contributed by atoms with Crippen LogP contribution in [0.15, 0.2) is 42.5 Å². The summed E-state index contributed by atoms with van der Waals surface area (Å²) in [5, 5.41) is 4.74. The first-order chi connectivity index (χ1) is 14.0. The molecule has 150 valence electrons. The van der Waals surface area contributed by atoms with Crippen molar-refractivity contribution in [2.75, 3.05) is 19.5 Å². The third-order valence-corrected chi connectivity index (χ3v) is 5.66. The van der Waals surface area contributed by atoms with Gasteiger partial charge in [0.25, 0.3) is 0 Å². The van der Waals surface area contributed by atoms with Crippen molar-refractivity contribution in [2.45, 2.75) is 25.3 Å². The standard InChI is InChI=1S/C22H21ClFN3O2/c1-27(22(28)25-13-10-11-17(24)16(23)12-13)19-9-5-8-18-20(19)14-6-3-4-7-15(14)21(26-18)29-2/h3-4,6-7,10-12,19H,5,8-9H2,1-2H3,(H,25,28). The number of anilines is 1. The van der Waals surface area contributed by atoms with Crippen LogP contribution in [0, 0.1) is 5.82 Å². The third-order valence-electron chi connectivity index (χ3n) is 5.37. The number of nitrogens with one attached hydrogen (secondary N) is 1. The van der Waals surface area contributed by atoms with Crippen molar-refractivity contribution in [3.8, 4) is 5.88 Å². The molecule has 7 heteroatoms. The molecule has 2 amide bonds. The highest BCUT2D eigenvalue weighted by molar-refractivity contribution is 6.31. The number of hydrogen-bond acceptors (Lipinski definition) is 3. The Kier molecular flexibility index (Phi) is 5.28.